The lowest BCUT2D eigenvalue weighted by atomic mass is 10.2. The predicted molar refractivity (Wildman–Crippen MR) is 74.2 cm³/mol. The topological polar surface area (TPSA) is 38.3 Å². The first kappa shape index (κ1) is 14.8. The first-order valence-electron chi connectivity index (χ1n) is 6.18. The SMILES string of the molecule is Cc1cccc(OC(C)CNC(=O)CCCCl)c1. The van der Waals surface area contributed by atoms with Crippen LogP contribution in [0.4, 0.5) is 0 Å². The minimum absolute atomic E-state index is 0.0235. The van der Waals surface area contributed by atoms with Crippen molar-refractivity contribution in [1.82, 2.24) is 5.32 Å². The van der Waals surface area contributed by atoms with Gasteiger partial charge < -0.3 is 10.1 Å². The summed E-state index contributed by atoms with van der Waals surface area (Å²) in [5.74, 6) is 1.37. The number of halogens is 1. The summed E-state index contributed by atoms with van der Waals surface area (Å²) < 4.78 is 5.71. The molecule has 1 rings (SSSR count). The molecule has 0 aliphatic carbocycles. The minimum Gasteiger partial charge on any atom is -0.489 e. The maximum atomic E-state index is 11.4. The van der Waals surface area contributed by atoms with Crippen molar-refractivity contribution in [3.05, 3.63) is 29.8 Å². The molecule has 1 aromatic rings. The predicted octanol–water partition coefficient (Wildman–Crippen LogP) is 2.90. The van der Waals surface area contributed by atoms with Crippen LogP contribution in [0.3, 0.4) is 0 Å². The second kappa shape index (κ2) is 7.98. The van der Waals surface area contributed by atoms with Crippen LogP contribution in [0.15, 0.2) is 24.3 Å². The van der Waals surface area contributed by atoms with Crippen LogP contribution in [-0.2, 0) is 4.79 Å². The molecule has 0 saturated carbocycles. The third-order valence-electron chi connectivity index (χ3n) is 2.45. The van der Waals surface area contributed by atoms with Crippen molar-refractivity contribution in [3.8, 4) is 5.75 Å². The summed E-state index contributed by atoms with van der Waals surface area (Å²) in [6, 6.07) is 7.87. The van der Waals surface area contributed by atoms with Gasteiger partial charge in [0.25, 0.3) is 0 Å². The lowest BCUT2D eigenvalue weighted by Crippen LogP contribution is -2.33. The van der Waals surface area contributed by atoms with E-state index >= 15 is 0 Å². The molecule has 0 saturated heterocycles. The van der Waals surface area contributed by atoms with Crippen molar-refractivity contribution in [2.24, 2.45) is 0 Å². The molecule has 3 nitrogen and oxygen atoms in total. The van der Waals surface area contributed by atoms with Crippen molar-refractivity contribution in [1.29, 1.82) is 0 Å². The largest absolute Gasteiger partial charge is 0.489 e. The third-order valence-corrected chi connectivity index (χ3v) is 2.72. The van der Waals surface area contributed by atoms with Gasteiger partial charge in [-0.15, -0.1) is 11.6 Å². The van der Waals surface area contributed by atoms with E-state index in [2.05, 4.69) is 5.32 Å². The van der Waals surface area contributed by atoms with E-state index in [0.29, 0.717) is 25.3 Å². The number of hydrogen-bond donors (Lipinski definition) is 1. The smallest absolute Gasteiger partial charge is 0.220 e. The van der Waals surface area contributed by atoms with Crippen LogP contribution in [0, 0.1) is 6.92 Å². The molecule has 1 atom stereocenters. The zero-order valence-corrected chi connectivity index (χ0v) is 11.7. The molecule has 0 fully saturated rings. The average Bonchev–Trinajstić information content (AvgIpc) is 2.34. The van der Waals surface area contributed by atoms with E-state index in [1.807, 2.05) is 38.1 Å². The summed E-state index contributed by atoms with van der Waals surface area (Å²) in [6.45, 7) is 4.46. The zero-order valence-electron chi connectivity index (χ0n) is 10.9. The van der Waals surface area contributed by atoms with Gasteiger partial charge in [-0.1, -0.05) is 12.1 Å². The first-order chi connectivity index (χ1) is 8.61. The van der Waals surface area contributed by atoms with Crippen molar-refractivity contribution < 1.29 is 9.53 Å². The van der Waals surface area contributed by atoms with Gasteiger partial charge in [0.15, 0.2) is 0 Å². The van der Waals surface area contributed by atoms with Crippen molar-refractivity contribution >= 4 is 17.5 Å². The van der Waals surface area contributed by atoms with Crippen molar-refractivity contribution in [2.45, 2.75) is 32.8 Å². The Morgan fingerprint density at radius 1 is 1.50 bits per heavy atom. The lowest BCUT2D eigenvalue weighted by molar-refractivity contribution is -0.121. The molecule has 4 heteroatoms. The van der Waals surface area contributed by atoms with E-state index in [1.54, 1.807) is 0 Å². The summed E-state index contributed by atoms with van der Waals surface area (Å²) in [5, 5.41) is 2.83. The van der Waals surface area contributed by atoms with Crippen LogP contribution in [0.2, 0.25) is 0 Å². The number of benzene rings is 1. The Bertz CT molecular complexity index is 382. The Balaban J connectivity index is 2.29. The molecule has 1 unspecified atom stereocenters. The molecule has 0 aromatic heterocycles. The number of amides is 1. The highest BCUT2D eigenvalue weighted by Gasteiger charge is 2.06. The molecule has 1 N–H and O–H groups in total. The zero-order chi connectivity index (χ0) is 13.4. The number of carbonyl (C=O) groups is 1. The molecule has 1 aromatic carbocycles. The van der Waals surface area contributed by atoms with Gasteiger partial charge in [0.1, 0.15) is 11.9 Å². The highest BCUT2D eigenvalue weighted by Crippen LogP contribution is 2.13. The Hall–Kier alpha value is -1.22. The normalized spacial score (nSPS) is 11.9. The summed E-state index contributed by atoms with van der Waals surface area (Å²) in [5.41, 5.74) is 1.16. The van der Waals surface area contributed by atoms with E-state index < -0.39 is 0 Å². The molecule has 0 heterocycles. The fourth-order valence-corrected chi connectivity index (χ4v) is 1.67. The van der Waals surface area contributed by atoms with Gasteiger partial charge in [-0.25, -0.2) is 0 Å². The molecule has 0 spiro atoms. The first-order valence-corrected chi connectivity index (χ1v) is 6.71. The van der Waals surface area contributed by atoms with E-state index in [4.69, 9.17) is 16.3 Å². The molecule has 100 valence electrons. The van der Waals surface area contributed by atoms with Gasteiger partial charge >= 0.3 is 0 Å². The minimum atomic E-state index is -0.0493. The van der Waals surface area contributed by atoms with Gasteiger partial charge in [0.05, 0.1) is 6.54 Å². The van der Waals surface area contributed by atoms with E-state index in [-0.39, 0.29) is 12.0 Å². The van der Waals surface area contributed by atoms with E-state index in [0.717, 1.165) is 11.3 Å². The fourth-order valence-electron chi connectivity index (χ4n) is 1.54. The quantitative estimate of drug-likeness (QED) is 0.773. The summed E-state index contributed by atoms with van der Waals surface area (Å²) >= 11 is 5.53. The average molecular weight is 270 g/mol. The van der Waals surface area contributed by atoms with Crippen LogP contribution < -0.4 is 10.1 Å². The Labute approximate surface area is 113 Å². The molecule has 0 aliphatic rings. The molecular weight excluding hydrogens is 250 g/mol. The van der Waals surface area contributed by atoms with Crippen LogP contribution in [0.1, 0.15) is 25.3 Å². The molecule has 0 aliphatic heterocycles. The lowest BCUT2D eigenvalue weighted by Gasteiger charge is -2.15. The van der Waals surface area contributed by atoms with Crippen molar-refractivity contribution in [3.63, 3.8) is 0 Å². The summed E-state index contributed by atoms with van der Waals surface area (Å²) in [4.78, 5) is 11.4. The van der Waals surface area contributed by atoms with Gasteiger partial charge in [0, 0.05) is 12.3 Å². The van der Waals surface area contributed by atoms with E-state index in [1.165, 1.54) is 0 Å². The summed E-state index contributed by atoms with van der Waals surface area (Å²) in [7, 11) is 0. The number of nitrogens with one attached hydrogen (secondary N) is 1. The Kier molecular flexibility index (Phi) is 6.58. The number of carbonyl (C=O) groups excluding carboxylic acids is 1. The second-order valence-electron chi connectivity index (χ2n) is 4.34. The molecule has 1 amide bonds. The maximum Gasteiger partial charge on any atom is 0.220 e. The maximum absolute atomic E-state index is 11.4. The third kappa shape index (κ3) is 5.92. The highest BCUT2D eigenvalue weighted by molar-refractivity contribution is 6.17. The Morgan fingerprint density at radius 2 is 2.28 bits per heavy atom. The molecule has 0 bridgehead atoms. The number of hydrogen-bond acceptors (Lipinski definition) is 2. The molecule has 18 heavy (non-hydrogen) atoms. The van der Waals surface area contributed by atoms with Crippen LogP contribution in [-0.4, -0.2) is 24.4 Å². The molecular formula is C14H20ClNO2. The Morgan fingerprint density at radius 3 is 2.94 bits per heavy atom. The van der Waals surface area contributed by atoms with Gasteiger partial charge in [-0.2, -0.15) is 0 Å². The molecule has 0 radical (unpaired) electrons. The number of alkyl halides is 1. The monoisotopic (exact) mass is 269 g/mol. The second-order valence-corrected chi connectivity index (χ2v) is 4.72. The van der Waals surface area contributed by atoms with Gasteiger partial charge in [0.2, 0.25) is 5.91 Å². The van der Waals surface area contributed by atoms with Gasteiger partial charge in [-0.05, 0) is 38.0 Å². The summed E-state index contributed by atoms with van der Waals surface area (Å²) in [6.07, 6.45) is 1.13. The highest BCUT2D eigenvalue weighted by atomic mass is 35.5. The standard InChI is InChI=1S/C14H20ClNO2/c1-11-5-3-6-13(9-11)18-12(2)10-16-14(17)7-4-8-15/h3,5-6,9,12H,4,7-8,10H2,1-2H3,(H,16,17). The van der Waals surface area contributed by atoms with Crippen LogP contribution in [0.25, 0.3) is 0 Å². The van der Waals surface area contributed by atoms with Crippen molar-refractivity contribution in [2.75, 3.05) is 12.4 Å². The van der Waals surface area contributed by atoms with E-state index in [9.17, 15) is 4.79 Å². The fraction of sp³-hybridized carbons (Fsp3) is 0.500. The van der Waals surface area contributed by atoms with Gasteiger partial charge in [-0.3, -0.25) is 4.79 Å². The number of aryl methyl sites for hydroxylation is 1. The number of rotatable bonds is 7. The van der Waals surface area contributed by atoms with Crippen LogP contribution >= 0.6 is 11.6 Å². The van der Waals surface area contributed by atoms with Crippen LogP contribution in [0.5, 0.6) is 5.75 Å². The number of ether oxygens (including phenoxy) is 1.